The lowest BCUT2D eigenvalue weighted by atomic mass is 10.0. The maximum absolute atomic E-state index is 14.2. The van der Waals surface area contributed by atoms with Gasteiger partial charge in [0.2, 0.25) is 0 Å². The van der Waals surface area contributed by atoms with Crippen molar-refractivity contribution >= 4 is 23.3 Å². The van der Waals surface area contributed by atoms with Crippen molar-refractivity contribution in [3.63, 3.8) is 0 Å². The summed E-state index contributed by atoms with van der Waals surface area (Å²) in [6.07, 6.45) is 2.34. The van der Waals surface area contributed by atoms with E-state index >= 15 is 0 Å². The second kappa shape index (κ2) is 7.23. The first-order valence-electron chi connectivity index (χ1n) is 8.81. The molecule has 1 aromatic carbocycles. The molecule has 1 heterocycles. The minimum Gasteiger partial charge on any atom is -0.354 e. The van der Waals surface area contributed by atoms with Crippen LogP contribution in [0.4, 0.5) is 4.39 Å². The highest BCUT2D eigenvalue weighted by Crippen LogP contribution is 2.33. The van der Waals surface area contributed by atoms with Crippen molar-refractivity contribution in [1.29, 1.82) is 0 Å². The van der Waals surface area contributed by atoms with E-state index in [-0.39, 0.29) is 24.3 Å². The zero-order valence-corrected chi connectivity index (χ0v) is 15.9. The summed E-state index contributed by atoms with van der Waals surface area (Å²) in [7, 11) is 0. The minimum atomic E-state index is -0.418. The normalized spacial score (nSPS) is 13.7. The average molecular weight is 377 g/mol. The number of nitrogens with one attached hydrogen (secondary N) is 1. The van der Waals surface area contributed by atoms with Crippen LogP contribution >= 0.6 is 11.6 Å². The number of carbonyl (C=O) groups excluding carboxylic acids is 2. The van der Waals surface area contributed by atoms with Crippen molar-refractivity contribution in [3.05, 3.63) is 57.1 Å². The van der Waals surface area contributed by atoms with Gasteiger partial charge in [-0.2, -0.15) is 0 Å². The molecule has 0 spiro atoms. The van der Waals surface area contributed by atoms with Crippen LogP contribution < -0.4 is 0 Å². The van der Waals surface area contributed by atoms with Crippen LogP contribution in [-0.2, 0) is 13.0 Å². The Kier molecular flexibility index (Phi) is 5.19. The van der Waals surface area contributed by atoms with E-state index in [2.05, 4.69) is 4.98 Å². The van der Waals surface area contributed by atoms with Crippen LogP contribution in [0.1, 0.15) is 64.4 Å². The molecule has 1 aromatic heterocycles. The van der Waals surface area contributed by atoms with E-state index in [0.717, 1.165) is 18.4 Å². The minimum absolute atomic E-state index is 0.0650. The van der Waals surface area contributed by atoms with Gasteiger partial charge in [-0.1, -0.05) is 24.6 Å². The standard InChI is InChI=1S/C20H22ClFN2O2/c1-4-14-18(12(3)25)11(2)23-19(14)20(26)24(13-8-9-13)10-15-16(21)6-5-7-17(15)22/h5-7,13,23H,4,8-10H2,1-3H3. The summed E-state index contributed by atoms with van der Waals surface area (Å²) >= 11 is 6.15. The highest BCUT2D eigenvalue weighted by Gasteiger charge is 2.36. The Morgan fingerprint density at radius 1 is 1.31 bits per heavy atom. The van der Waals surface area contributed by atoms with Gasteiger partial charge < -0.3 is 9.88 Å². The van der Waals surface area contributed by atoms with Gasteiger partial charge in [0, 0.05) is 27.9 Å². The average Bonchev–Trinajstić information content (AvgIpc) is 3.36. The fourth-order valence-corrected chi connectivity index (χ4v) is 3.66. The predicted octanol–water partition coefficient (Wildman–Crippen LogP) is 4.69. The number of aromatic nitrogens is 1. The molecule has 0 bridgehead atoms. The van der Waals surface area contributed by atoms with Gasteiger partial charge in [-0.25, -0.2) is 4.39 Å². The van der Waals surface area contributed by atoms with Crippen molar-refractivity contribution in [1.82, 2.24) is 9.88 Å². The third-order valence-corrected chi connectivity index (χ3v) is 5.20. The first kappa shape index (κ1) is 18.6. The second-order valence-corrected chi connectivity index (χ2v) is 7.16. The molecule has 1 saturated carbocycles. The molecule has 26 heavy (non-hydrogen) atoms. The van der Waals surface area contributed by atoms with Crippen molar-refractivity contribution in [2.45, 2.75) is 52.6 Å². The number of carbonyl (C=O) groups is 2. The molecular formula is C20H22ClFN2O2. The van der Waals surface area contributed by atoms with E-state index < -0.39 is 5.82 Å². The Labute approximate surface area is 157 Å². The van der Waals surface area contributed by atoms with Gasteiger partial charge in [-0.05, 0) is 50.8 Å². The van der Waals surface area contributed by atoms with Gasteiger partial charge in [0.05, 0.1) is 6.54 Å². The number of benzene rings is 1. The molecule has 6 heteroatoms. The summed E-state index contributed by atoms with van der Waals surface area (Å²) in [5.74, 6) is -0.692. The van der Waals surface area contributed by atoms with Crippen molar-refractivity contribution < 1.29 is 14.0 Å². The molecular weight excluding hydrogens is 355 g/mol. The Morgan fingerprint density at radius 3 is 2.54 bits per heavy atom. The number of halogens is 2. The van der Waals surface area contributed by atoms with Crippen molar-refractivity contribution in [2.75, 3.05) is 0 Å². The van der Waals surface area contributed by atoms with Crippen LogP contribution in [0.5, 0.6) is 0 Å². The SMILES string of the molecule is CCc1c(C(=O)N(Cc2c(F)cccc2Cl)C2CC2)[nH]c(C)c1C(C)=O. The van der Waals surface area contributed by atoms with Crippen molar-refractivity contribution in [2.24, 2.45) is 0 Å². The smallest absolute Gasteiger partial charge is 0.271 e. The third kappa shape index (κ3) is 3.40. The lowest BCUT2D eigenvalue weighted by Crippen LogP contribution is -2.34. The lowest BCUT2D eigenvalue weighted by Gasteiger charge is -2.23. The first-order chi connectivity index (χ1) is 12.3. The third-order valence-electron chi connectivity index (χ3n) is 4.85. The van der Waals surface area contributed by atoms with E-state index in [4.69, 9.17) is 11.6 Å². The molecule has 138 valence electrons. The van der Waals surface area contributed by atoms with Crippen LogP contribution in [0.25, 0.3) is 0 Å². The highest BCUT2D eigenvalue weighted by molar-refractivity contribution is 6.31. The van der Waals surface area contributed by atoms with E-state index in [9.17, 15) is 14.0 Å². The topological polar surface area (TPSA) is 53.2 Å². The summed E-state index contributed by atoms with van der Waals surface area (Å²) < 4.78 is 14.2. The molecule has 0 saturated heterocycles. The molecule has 1 aliphatic carbocycles. The number of hydrogen-bond donors (Lipinski definition) is 1. The Bertz CT molecular complexity index is 851. The largest absolute Gasteiger partial charge is 0.354 e. The Morgan fingerprint density at radius 2 is 2.00 bits per heavy atom. The molecule has 1 amide bonds. The highest BCUT2D eigenvalue weighted by atomic mass is 35.5. The van der Waals surface area contributed by atoms with Crippen LogP contribution in [0.15, 0.2) is 18.2 Å². The number of H-pyrrole nitrogens is 1. The molecule has 4 nitrogen and oxygen atoms in total. The number of aromatic amines is 1. The monoisotopic (exact) mass is 376 g/mol. The number of rotatable bonds is 6. The van der Waals surface area contributed by atoms with E-state index in [1.54, 1.807) is 24.0 Å². The molecule has 3 rings (SSSR count). The van der Waals surface area contributed by atoms with Gasteiger partial charge in [-0.3, -0.25) is 9.59 Å². The first-order valence-corrected chi connectivity index (χ1v) is 9.19. The molecule has 1 aliphatic rings. The van der Waals surface area contributed by atoms with Crippen LogP contribution in [0, 0.1) is 12.7 Å². The van der Waals surface area contributed by atoms with Gasteiger partial charge in [-0.15, -0.1) is 0 Å². The summed E-state index contributed by atoms with van der Waals surface area (Å²) in [4.78, 5) is 30.0. The summed E-state index contributed by atoms with van der Waals surface area (Å²) in [6.45, 7) is 5.33. The van der Waals surface area contributed by atoms with Crippen LogP contribution in [0.3, 0.4) is 0 Å². The summed E-state index contributed by atoms with van der Waals surface area (Å²) in [6, 6.07) is 4.60. The molecule has 1 fully saturated rings. The molecule has 1 N–H and O–H groups in total. The molecule has 0 aliphatic heterocycles. The van der Waals surface area contributed by atoms with Gasteiger partial charge >= 0.3 is 0 Å². The van der Waals surface area contributed by atoms with E-state index in [1.165, 1.54) is 13.0 Å². The molecule has 0 atom stereocenters. The van der Waals surface area contributed by atoms with Crippen molar-refractivity contribution in [3.8, 4) is 0 Å². The quantitative estimate of drug-likeness (QED) is 0.744. The number of hydrogen-bond acceptors (Lipinski definition) is 2. The number of amides is 1. The Hall–Kier alpha value is -2.14. The second-order valence-electron chi connectivity index (χ2n) is 6.75. The maximum atomic E-state index is 14.2. The fourth-order valence-electron chi connectivity index (χ4n) is 3.44. The molecule has 0 radical (unpaired) electrons. The summed E-state index contributed by atoms with van der Waals surface area (Å²) in [5, 5.41) is 0.311. The number of aryl methyl sites for hydroxylation is 1. The van der Waals surface area contributed by atoms with Crippen LogP contribution in [0.2, 0.25) is 5.02 Å². The van der Waals surface area contributed by atoms with Gasteiger partial charge in [0.15, 0.2) is 5.78 Å². The summed E-state index contributed by atoms with van der Waals surface area (Å²) in [5.41, 5.74) is 2.75. The maximum Gasteiger partial charge on any atom is 0.271 e. The van der Waals surface area contributed by atoms with Crippen LogP contribution in [-0.4, -0.2) is 27.6 Å². The number of ketones is 1. The van der Waals surface area contributed by atoms with E-state index in [0.29, 0.717) is 34.0 Å². The predicted molar refractivity (Wildman–Crippen MR) is 99.2 cm³/mol. The zero-order chi connectivity index (χ0) is 19.0. The zero-order valence-electron chi connectivity index (χ0n) is 15.2. The van der Waals surface area contributed by atoms with Gasteiger partial charge in [0.25, 0.3) is 5.91 Å². The molecule has 0 unspecified atom stereocenters. The number of nitrogens with zero attached hydrogens (tertiary/aromatic N) is 1. The Balaban J connectivity index is 1.99. The van der Waals surface area contributed by atoms with E-state index in [1.807, 2.05) is 6.92 Å². The fraction of sp³-hybridized carbons (Fsp3) is 0.400. The van der Waals surface area contributed by atoms with Gasteiger partial charge in [0.1, 0.15) is 11.5 Å². The number of Topliss-reactive ketones (excluding diaryl/α,β-unsaturated/α-hetero) is 1. The molecule has 2 aromatic rings. The lowest BCUT2D eigenvalue weighted by molar-refractivity contribution is 0.0722.